The Balaban J connectivity index is 1.88. The van der Waals surface area contributed by atoms with E-state index in [4.69, 9.17) is 21.1 Å². The largest absolute Gasteiger partial charge is 0.385 e. The fraction of sp³-hybridized carbons (Fsp3) is 1.00. The molecule has 90 valence electrons. The van der Waals surface area contributed by atoms with E-state index in [0.29, 0.717) is 0 Å². The molecule has 1 N–H and O–H groups in total. The molecule has 1 aliphatic rings. The first-order valence-corrected chi connectivity index (χ1v) is 6.24. The minimum Gasteiger partial charge on any atom is -0.385 e. The van der Waals surface area contributed by atoms with E-state index >= 15 is 0 Å². The fourth-order valence-corrected chi connectivity index (χ4v) is 2.12. The van der Waals surface area contributed by atoms with Gasteiger partial charge in [0.1, 0.15) is 0 Å². The summed E-state index contributed by atoms with van der Waals surface area (Å²) in [6.45, 7) is 3.23. The zero-order valence-electron chi connectivity index (χ0n) is 9.56. The van der Waals surface area contributed by atoms with Gasteiger partial charge in [-0.3, -0.25) is 0 Å². The maximum absolute atomic E-state index is 5.92. The van der Waals surface area contributed by atoms with Crippen LogP contribution in [0.15, 0.2) is 0 Å². The van der Waals surface area contributed by atoms with Crippen molar-refractivity contribution >= 4 is 11.6 Å². The van der Waals surface area contributed by atoms with Gasteiger partial charge in [-0.15, -0.1) is 11.6 Å². The third-order valence-corrected chi connectivity index (χ3v) is 3.46. The molecule has 1 aliphatic carbocycles. The predicted octanol–water partition coefficient (Wildman–Crippen LogP) is 1.79. The maximum Gasteiger partial charge on any atom is 0.0591 e. The van der Waals surface area contributed by atoms with Crippen molar-refractivity contribution in [1.29, 1.82) is 0 Å². The third-order valence-electron chi connectivity index (χ3n) is 2.95. The molecule has 3 nitrogen and oxygen atoms in total. The van der Waals surface area contributed by atoms with Gasteiger partial charge < -0.3 is 14.8 Å². The van der Waals surface area contributed by atoms with Crippen molar-refractivity contribution in [1.82, 2.24) is 5.32 Å². The van der Waals surface area contributed by atoms with Crippen molar-refractivity contribution in [2.45, 2.75) is 31.2 Å². The minimum atomic E-state index is 0.220. The van der Waals surface area contributed by atoms with Gasteiger partial charge in [-0.05, 0) is 25.7 Å². The summed E-state index contributed by atoms with van der Waals surface area (Å²) in [5.41, 5.74) is 0.220. The quantitative estimate of drug-likeness (QED) is 0.488. The second kappa shape index (κ2) is 7.44. The lowest BCUT2D eigenvalue weighted by molar-refractivity contribution is 0.0945. The van der Waals surface area contributed by atoms with Gasteiger partial charge in [0.2, 0.25) is 0 Å². The van der Waals surface area contributed by atoms with Crippen molar-refractivity contribution in [3.63, 3.8) is 0 Å². The molecule has 1 saturated carbocycles. The van der Waals surface area contributed by atoms with Gasteiger partial charge >= 0.3 is 0 Å². The molecule has 0 unspecified atom stereocenters. The van der Waals surface area contributed by atoms with Crippen molar-refractivity contribution < 1.29 is 9.47 Å². The standard InChI is InChI=1S/C11H22ClNO2/c1-14-7-3-8-15-9-6-13-11(10-12)4-2-5-11/h13H,2-10H2,1H3. The van der Waals surface area contributed by atoms with Crippen LogP contribution in [0.4, 0.5) is 0 Å². The van der Waals surface area contributed by atoms with E-state index in [1.807, 2.05) is 0 Å². The molecule has 0 atom stereocenters. The topological polar surface area (TPSA) is 30.5 Å². The van der Waals surface area contributed by atoms with Crippen LogP contribution in [0.1, 0.15) is 25.7 Å². The van der Waals surface area contributed by atoms with Crippen molar-refractivity contribution in [3.05, 3.63) is 0 Å². The van der Waals surface area contributed by atoms with Crippen LogP contribution in [0.25, 0.3) is 0 Å². The highest BCUT2D eigenvalue weighted by atomic mass is 35.5. The fourth-order valence-electron chi connectivity index (χ4n) is 1.76. The van der Waals surface area contributed by atoms with Crippen LogP contribution in [0.2, 0.25) is 0 Å². The smallest absolute Gasteiger partial charge is 0.0591 e. The molecule has 0 saturated heterocycles. The molecule has 0 heterocycles. The number of alkyl halides is 1. The van der Waals surface area contributed by atoms with Gasteiger partial charge in [0.05, 0.1) is 6.61 Å². The lowest BCUT2D eigenvalue weighted by Gasteiger charge is -2.41. The summed E-state index contributed by atoms with van der Waals surface area (Å²) in [5.74, 6) is 0.719. The number of methoxy groups -OCH3 is 1. The highest BCUT2D eigenvalue weighted by molar-refractivity contribution is 6.18. The summed E-state index contributed by atoms with van der Waals surface area (Å²) >= 11 is 5.92. The van der Waals surface area contributed by atoms with E-state index in [9.17, 15) is 0 Å². The summed E-state index contributed by atoms with van der Waals surface area (Å²) in [5, 5.41) is 3.48. The third kappa shape index (κ3) is 4.68. The van der Waals surface area contributed by atoms with Gasteiger partial charge in [0.25, 0.3) is 0 Å². The van der Waals surface area contributed by atoms with Gasteiger partial charge in [-0.25, -0.2) is 0 Å². The molecule has 0 aromatic heterocycles. The average Bonchev–Trinajstić information content (AvgIpc) is 2.20. The Bertz CT molecular complexity index is 157. The van der Waals surface area contributed by atoms with Gasteiger partial charge in [-0.1, -0.05) is 0 Å². The summed E-state index contributed by atoms with van der Waals surface area (Å²) in [6.07, 6.45) is 4.69. The summed E-state index contributed by atoms with van der Waals surface area (Å²) in [4.78, 5) is 0. The lowest BCUT2D eigenvalue weighted by atomic mass is 9.78. The molecule has 15 heavy (non-hydrogen) atoms. The van der Waals surface area contributed by atoms with Crippen LogP contribution in [-0.4, -0.2) is 44.9 Å². The highest BCUT2D eigenvalue weighted by Gasteiger charge is 2.34. The van der Waals surface area contributed by atoms with E-state index in [1.54, 1.807) is 7.11 Å². The van der Waals surface area contributed by atoms with Crippen LogP contribution in [0.5, 0.6) is 0 Å². The van der Waals surface area contributed by atoms with Crippen LogP contribution in [0, 0.1) is 0 Å². The zero-order valence-corrected chi connectivity index (χ0v) is 10.3. The maximum atomic E-state index is 5.92. The molecule has 4 heteroatoms. The van der Waals surface area contributed by atoms with E-state index in [-0.39, 0.29) is 5.54 Å². The van der Waals surface area contributed by atoms with Crippen LogP contribution >= 0.6 is 11.6 Å². The molecular formula is C11H22ClNO2. The van der Waals surface area contributed by atoms with E-state index < -0.39 is 0 Å². The van der Waals surface area contributed by atoms with E-state index in [2.05, 4.69) is 5.32 Å². The molecule has 0 radical (unpaired) electrons. The first-order chi connectivity index (χ1) is 7.33. The normalized spacial score (nSPS) is 18.8. The van der Waals surface area contributed by atoms with E-state index in [1.165, 1.54) is 19.3 Å². The summed E-state index contributed by atoms with van der Waals surface area (Å²) in [6, 6.07) is 0. The molecule has 0 amide bonds. The van der Waals surface area contributed by atoms with Crippen molar-refractivity contribution in [2.24, 2.45) is 0 Å². The molecule has 0 aliphatic heterocycles. The van der Waals surface area contributed by atoms with Crippen LogP contribution in [-0.2, 0) is 9.47 Å². The van der Waals surface area contributed by atoms with Crippen molar-refractivity contribution in [2.75, 3.05) is 39.4 Å². The number of ether oxygens (including phenoxy) is 2. The summed E-state index contributed by atoms with van der Waals surface area (Å²) < 4.78 is 10.4. The molecule has 1 fully saturated rings. The van der Waals surface area contributed by atoms with Gasteiger partial charge in [0, 0.05) is 38.3 Å². The SMILES string of the molecule is COCCCOCCNC1(CCl)CCC1. The van der Waals surface area contributed by atoms with E-state index in [0.717, 1.165) is 38.7 Å². The molecule has 0 aromatic carbocycles. The second-order valence-corrected chi connectivity index (χ2v) is 4.42. The van der Waals surface area contributed by atoms with Gasteiger partial charge in [-0.2, -0.15) is 0 Å². The van der Waals surface area contributed by atoms with Crippen LogP contribution < -0.4 is 5.32 Å². The second-order valence-electron chi connectivity index (χ2n) is 4.15. The first-order valence-electron chi connectivity index (χ1n) is 5.71. The molecule has 0 bridgehead atoms. The van der Waals surface area contributed by atoms with Crippen LogP contribution in [0.3, 0.4) is 0 Å². The Morgan fingerprint density at radius 3 is 2.60 bits per heavy atom. The number of hydrogen-bond donors (Lipinski definition) is 1. The Morgan fingerprint density at radius 1 is 1.27 bits per heavy atom. The Hall–Kier alpha value is 0.170. The van der Waals surface area contributed by atoms with Crippen molar-refractivity contribution in [3.8, 4) is 0 Å². The van der Waals surface area contributed by atoms with Gasteiger partial charge in [0.15, 0.2) is 0 Å². The lowest BCUT2D eigenvalue weighted by Crippen LogP contribution is -2.53. The Morgan fingerprint density at radius 2 is 2.07 bits per heavy atom. The number of rotatable bonds is 9. The zero-order chi connectivity index (χ0) is 11.0. The highest BCUT2D eigenvalue weighted by Crippen LogP contribution is 2.32. The molecule has 0 aromatic rings. The summed E-state index contributed by atoms with van der Waals surface area (Å²) in [7, 11) is 1.71. The molecular weight excluding hydrogens is 214 g/mol. The minimum absolute atomic E-state index is 0.220. The number of nitrogens with one attached hydrogen (secondary N) is 1. The first kappa shape index (κ1) is 13.2. The molecule has 0 spiro atoms. The predicted molar refractivity (Wildman–Crippen MR) is 62.6 cm³/mol. The Kier molecular flexibility index (Phi) is 6.57. The number of hydrogen-bond acceptors (Lipinski definition) is 3. The number of halogens is 1. The monoisotopic (exact) mass is 235 g/mol. The average molecular weight is 236 g/mol. The Labute approximate surface area is 97.5 Å². The molecule has 1 rings (SSSR count).